The van der Waals surface area contributed by atoms with E-state index in [9.17, 15) is 14.7 Å². The van der Waals surface area contributed by atoms with Gasteiger partial charge in [0.1, 0.15) is 23.7 Å². The number of nitrogens with one attached hydrogen (secondary N) is 1. The first-order chi connectivity index (χ1) is 17.0. The molecule has 0 bridgehead atoms. The summed E-state index contributed by atoms with van der Waals surface area (Å²) in [5.41, 5.74) is 5.39. The topological polar surface area (TPSA) is 78.9 Å². The number of carboxylic acids is 1. The number of carbonyl (C=O) groups is 2. The number of rotatable bonds is 7. The van der Waals surface area contributed by atoms with Gasteiger partial charge in [-0.25, -0.2) is 4.79 Å². The molecule has 2 atom stereocenters. The number of halogens is 2. The van der Waals surface area contributed by atoms with E-state index in [2.05, 4.69) is 5.32 Å². The SMILES string of the molecule is O=C(O)C1=C(/C=C/c2cc3c(cc2CCl)COC(Cl)=C3)CSC2C(NCc3ccccc3)C(=O)N12. The Morgan fingerprint density at radius 2 is 2.06 bits per heavy atom. The smallest absolute Gasteiger partial charge is 0.352 e. The lowest BCUT2D eigenvalue weighted by Gasteiger charge is -2.49. The van der Waals surface area contributed by atoms with Crippen LogP contribution in [0.15, 0.2) is 65.0 Å². The number of benzene rings is 2. The second-order valence-electron chi connectivity index (χ2n) is 8.39. The fourth-order valence-corrected chi connectivity index (χ4v) is 6.16. The lowest BCUT2D eigenvalue weighted by atomic mass is 9.97. The van der Waals surface area contributed by atoms with Crippen LogP contribution >= 0.6 is 35.0 Å². The first-order valence-corrected chi connectivity index (χ1v) is 13.0. The number of β-lactam (4-membered cyclic amide) rings is 1. The van der Waals surface area contributed by atoms with Crippen molar-refractivity contribution in [1.29, 1.82) is 0 Å². The summed E-state index contributed by atoms with van der Waals surface area (Å²) < 4.78 is 5.38. The molecule has 180 valence electrons. The molecule has 1 amide bonds. The molecule has 3 aliphatic heterocycles. The van der Waals surface area contributed by atoms with Crippen molar-refractivity contribution >= 4 is 59.0 Å². The zero-order valence-electron chi connectivity index (χ0n) is 18.5. The molecule has 0 spiro atoms. The predicted molar refractivity (Wildman–Crippen MR) is 138 cm³/mol. The zero-order chi connectivity index (χ0) is 24.5. The van der Waals surface area contributed by atoms with E-state index in [-0.39, 0.29) is 17.0 Å². The summed E-state index contributed by atoms with van der Waals surface area (Å²) in [6.45, 7) is 0.922. The largest absolute Gasteiger partial charge is 0.478 e. The van der Waals surface area contributed by atoms with Gasteiger partial charge in [0.05, 0.1) is 0 Å². The van der Waals surface area contributed by atoms with Gasteiger partial charge in [0.15, 0.2) is 5.22 Å². The van der Waals surface area contributed by atoms with E-state index in [0.717, 1.165) is 27.8 Å². The molecular formula is C26H22Cl2N2O4S. The van der Waals surface area contributed by atoms with E-state index in [0.29, 0.717) is 35.6 Å². The molecule has 5 rings (SSSR count). The number of nitrogens with zero attached hydrogens (tertiary/aromatic N) is 1. The number of thioether (sulfide) groups is 1. The fraction of sp³-hybridized carbons (Fsp3) is 0.231. The number of allylic oxidation sites excluding steroid dienone is 1. The monoisotopic (exact) mass is 528 g/mol. The van der Waals surface area contributed by atoms with Crippen molar-refractivity contribution in [3.8, 4) is 0 Å². The van der Waals surface area contributed by atoms with Crippen molar-refractivity contribution in [3.63, 3.8) is 0 Å². The summed E-state index contributed by atoms with van der Waals surface area (Å²) in [6.07, 6.45) is 5.37. The number of amides is 1. The number of ether oxygens (including phenoxy) is 1. The molecule has 0 aromatic heterocycles. The van der Waals surface area contributed by atoms with E-state index in [1.807, 2.05) is 48.5 Å². The number of hydrogen-bond acceptors (Lipinski definition) is 5. The van der Waals surface area contributed by atoms with Gasteiger partial charge in [0, 0.05) is 24.3 Å². The van der Waals surface area contributed by atoms with Crippen molar-refractivity contribution in [2.24, 2.45) is 0 Å². The van der Waals surface area contributed by atoms with Crippen LogP contribution in [0.2, 0.25) is 0 Å². The molecule has 6 nitrogen and oxygen atoms in total. The minimum Gasteiger partial charge on any atom is -0.478 e. The Balaban J connectivity index is 1.38. The van der Waals surface area contributed by atoms with Crippen molar-refractivity contribution in [2.75, 3.05) is 5.75 Å². The normalized spacial score (nSPS) is 21.3. The van der Waals surface area contributed by atoms with Crippen molar-refractivity contribution in [3.05, 3.63) is 92.8 Å². The highest BCUT2D eigenvalue weighted by Crippen LogP contribution is 2.41. The molecule has 35 heavy (non-hydrogen) atoms. The Kier molecular flexibility index (Phi) is 6.93. The molecule has 9 heteroatoms. The van der Waals surface area contributed by atoms with Crippen LogP contribution in [0.25, 0.3) is 12.2 Å². The third-order valence-corrected chi connectivity index (χ3v) is 8.02. The summed E-state index contributed by atoms with van der Waals surface area (Å²) in [5, 5.41) is 13.3. The minimum atomic E-state index is -1.11. The van der Waals surface area contributed by atoms with Gasteiger partial charge in [-0.05, 0) is 57.1 Å². The zero-order valence-corrected chi connectivity index (χ0v) is 20.9. The van der Waals surface area contributed by atoms with Gasteiger partial charge < -0.3 is 9.84 Å². The van der Waals surface area contributed by atoms with E-state index in [4.69, 9.17) is 27.9 Å². The van der Waals surface area contributed by atoms with E-state index >= 15 is 0 Å². The Bertz CT molecular complexity index is 1280. The number of carboxylic acid groups (broad SMARTS) is 1. The quantitative estimate of drug-likeness (QED) is 0.392. The van der Waals surface area contributed by atoms with Gasteiger partial charge in [-0.1, -0.05) is 42.5 Å². The Morgan fingerprint density at radius 1 is 1.26 bits per heavy atom. The van der Waals surface area contributed by atoms with Crippen molar-refractivity contribution < 1.29 is 19.4 Å². The van der Waals surface area contributed by atoms with Crippen LogP contribution < -0.4 is 5.32 Å². The first kappa shape index (κ1) is 24.0. The Hall–Kier alpha value is -2.71. The maximum atomic E-state index is 12.9. The number of fused-ring (bicyclic) bond motifs is 2. The molecule has 2 N–H and O–H groups in total. The summed E-state index contributed by atoms with van der Waals surface area (Å²) in [4.78, 5) is 26.5. The highest BCUT2D eigenvalue weighted by atomic mass is 35.5. The third-order valence-electron chi connectivity index (χ3n) is 6.21. The van der Waals surface area contributed by atoms with E-state index < -0.39 is 12.0 Å². The van der Waals surface area contributed by atoms with E-state index in [1.54, 1.807) is 23.9 Å². The van der Waals surface area contributed by atoms with Crippen LogP contribution in [-0.2, 0) is 33.4 Å². The summed E-state index contributed by atoms with van der Waals surface area (Å²) in [5.74, 6) is -0.557. The fourth-order valence-electron chi connectivity index (χ4n) is 4.41. The first-order valence-electron chi connectivity index (χ1n) is 11.0. The number of hydrogen-bond donors (Lipinski definition) is 2. The minimum absolute atomic E-state index is 0.0366. The molecule has 3 heterocycles. The standard InChI is InChI=1S/C26H22Cl2N2O4S/c27-11-19-9-20-13-34-21(28)10-18(20)8-16(19)6-7-17-14-35-25-22(24(31)30(25)23(17)26(32)33)29-12-15-4-2-1-3-5-15/h1-10,22,25,29H,11-14H2,(H,32,33)/b7-6+. The van der Waals surface area contributed by atoms with Gasteiger partial charge in [0.25, 0.3) is 0 Å². The lowest BCUT2D eigenvalue weighted by molar-refractivity contribution is -0.149. The van der Waals surface area contributed by atoms with Gasteiger partial charge in [-0.3, -0.25) is 15.0 Å². The van der Waals surface area contributed by atoms with Crippen molar-refractivity contribution in [2.45, 2.75) is 30.4 Å². The molecular weight excluding hydrogens is 507 g/mol. The maximum Gasteiger partial charge on any atom is 0.352 e. The molecule has 0 saturated carbocycles. The highest BCUT2D eigenvalue weighted by Gasteiger charge is 2.53. The van der Waals surface area contributed by atoms with Gasteiger partial charge in [0.2, 0.25) is 5.91 Å². The Morgan fingerprint density at radius 3 is 2.80 bits per heavy atom. The molecule has 1 saturated heterocycles. The predicted octanol–water partition coefficient (Wildman–Crippen LogP) is 4.92. The van der Waals surface area contributed by atoms with Crippen LogP contribution in [0.4, 0.5) is 0 Å². The highest BCUT2D eigenvalue weighted by molar-refractivity contribution is 8.00. The molecule has 0 radical (unpaired) electrons. The molecule has 2 aromatic rings. The van der Waals surface area contributed by atoms with Crippen LogP contribution in [0, 0.1) is 0 Å². The summed E-state index contributed by atoms with van der Waals surface area (Å²) in [6, 6.07) is 13.3. The van der Waals surface area contributed by atoms with Crippen LogP contribution in [0.1, 0.15) is 27.8 Å². The Labute approximate surface area is 217 Å². The van der Waals surface area contributed by atoms with Crippen LogP contribution in [-0.4, -0.2) is 39.1 Å². The average Bonchev–Trinajstić information content (AvgIpc) is 2.86. The average molecular weight is 529 g/mol. The molecule has 1 fully saturated rings. The molecule has 3 aliphatic rings. The van der Waals surface area contributed by atoms with Gasteiger partial charge in [-0.2, -0.15) is 0 Å². The van der Waals surface area contributed by atoms with Crippen LogP contribution in [0.5, 0.6) is 0 Å². The molecule has 2 unspecified atom stereocenters. The maximum absolute atomic E-state index is 12.9. The molecule has 0 aliphatic carbocycles. The number of carbonyl (C=O) groups excluding carboxylic acids is 1. The third kappa shape index (κ3) is 4.74. The lowest BCUT2D eigenvalue weighted by Crippen LogP contribution is -2.69. The number of alkyl halides is 1. The van der Waals surface area contributed by atoms with E-state index in [1.165, 1.54) is 4.90 Å². The second kappa shape index (κ2) is 10.1. The van der Waals surface area contributed by atoms with Gasteiger partial charge >= 0.3 is 5.97 Å². The number of aliphatic carboxylic acids is 1. The summed E-state index contributed by atoms with van der Waals surface area (Å²) in [7, 11) is 0. The molecule has 2 aromatic carbocycles. The van der Waals surface area contributed by atoms with Crippen molar-refractivity contribution in [1.82, 2.24) is 10.2 Å². The van der Waals surface area contributed by atoms with Gasteiger partial charge in [-0.15, -0.1) is 23.4 Å². The van der Waals surface area contributed by atoms with Crippen LogP contribution in [0.3, 0.4) is 0 Å². The summed E-state index contributed by atoms with van der Waals surface area (Å²) >= 11 is 13.8. The second-order valence-corrected chi connectivity index (χ2v) is 10.1.